The van der Waals surface area contributed by atoms with Crippen LogP contribution in [0.3, 0.4) is 0 Å². The molecule has 0 bridgehead atoms. The van der Waals surface area contributed by atoms with Gasteiger partial charge in [-0.2, -0.15) is 10.0 Å². The molecule has 0 aromatic heterocycles. The molecule has 2 unspecified atom stereocenters. The van der Waals surface area contributed by atoms with E-state index in [1.807, 2.05) is 0 Å². The van der Waals surface area contributed by atoms with Crippen LogP contribution in [0, 0.1) is 0 Å². The molecule has 2 heterocycles. The number of rotatable bonds is 2. The van der Waals surface area contributed by atoms with Gasteiger partial charge in [0.15, 0.2) is 0 Å². The summed E-state index contributed by atoms with van der Waals surface area (Å²) in [5.74, 6) is -3.37. The van der Waals surface area contributed by atoms with Gasteiger partial charge >= 0.3 is 11.9 Å². The zero-order chi connectivity index (χ0) is 15.9. The molecule has 2 atom stereocenters. The van der Waals surface area contributed by atoms with Gasteiger partial charge in [0, 0.05) is 39.3 Å². The number of nitrogens with zero attached hydrogens (tertiary/aromatic N) is 4. The van der Waals surface area contributed by atoms with Gasteiger partial charge in [0.05, 0.1) is 6.54 Å². The van der Waals surface area contributed by atoms with E-state index in [1.165, 1.54) is 27.7 Å². The normalized spacial score (nSPS) is 27.7. The Morgan fingerprint density at radius 3 is 1.81 bits per heavy atom. The minimum absolute atomic E-state index is 0.181. The molecule has 2 aliphatic heterocycles. The summed E-state index contributed by atoms with van der Waals surface area (Å²) in [7, 11) is 0. The fourth-order valence-corrected chi connectivity index (χ4v) is 2.49. The molecule has 0 aliphatic carbocycles. The molecule has 21 heavy (non-hydrogen) atoms. The summed E-state index contributed by atoms with van der Waals surface area (Å²) in [5.41, 5.74) is 0. The zero-order valence-corrected chi connectivity index (χ0v) is 12.2. The Kier molecular flexibility index (Phi) is 3.59. The smallest absolute Gasteiger partial charge is 0.324 e. The molecule has 10 heteroatoms. The van der Waals surface area contributed by atoms with Crippen molar-refractivity contribution in [1.29, 1.82) is 0 Å². The van der Waals surface area contributed by atoms with Crippen LogP contribution < -0.4 is 0 Å². The van der Waals surface area contributed by atoms with E-state index in [4.69, 9.17) is 9.68 Å². The molecular weight excluding hydrogens is 284 g/mol. The molecule has 2 aliphatic rings. The van der Waals surface area contributed by atoms with Gasteiger partial charge in [-0.1, -0.05) is 0 Å². The van der Waals surface area contributed by atoms with Crippen molar-refractivity contribution in [2.24, 2.45) is 0 Å². The van der Waals surface area contributed by atoms with E-state index in [9.17, 15) is 19.2 Å². The van der Waals surface area contributed by atoms with Crippen LogP contribution in [0.5, 0.6) is 0 Å². The largest absolute Gasteiger partial charge is 0.348 e. The molecule has 2 saturated heterocycles. The zero-order valence-electron chi connectivity index (χ0n) is 12.2. The Hall–Kier alpha value is -2.20. The predicted molar refractivity (Wildman–Crippen MR) is 64.5 cm³/mol. The Morgan fingerprint density at radius 1 is 0.857 bits per heavy atom. The van der Waals surface area contributed by atoms with Crippen molar-refractivity contribution in [3.05, 3.63) is 0 Å². The summed E-state index contributed by atoms with van der Waals surface area (Å²) in [6.45, 7) is 5.09. The highest BCUT2D eigenvalue weighted by molar-refractivity contribution is 5.80. The second-order valence-corrected chi connectivity index (χ2v) is 4.70. The van der Waals surface area contributed by atoms with Crippen molar-refractivity contribution in [3.8, 4) is 0 Å². The van der Waals surface area contributed by atoms with Crippen LogP contribution in [0.1, 0.15) is 34.1 Å². The molecule has 2 rings (SSSR count). The molecule has 0 aromatic rings. The van der Waals surface area contributed by atoms with Crippen LogP contribution in [0.25, 0.3) is 0 Å². The number of hydrogen-bond donors (Lipinski definition) is 0. The SMILES string of the molecule is CC(=O)ON1CCC2(N(OC(C)=O)N2C(C)=O)N1C(C)=O. The van der Waals surface area contributed by atoms with Crippen LogP contribution >= 0.6 is 0 Å². The van der Waals surface area contributed by atoms with Gasteiger partial charge in [0.2, 0.25) is 11.8 Å². The molecular formula is C11H16N4O6. The second-order valence-electron chi connectivity index (χ2n) is 4.70. The highest BCUT2D eigenvalue weighted by Gasteiger charge is 2.75. The van der Waals surface area contributed by atoms with Crippen LogP contribution in [-0.2, 0) is 28.9 Å². The number of hydrogen-bond acceptors (Lipinski definition) is 8. The van der Waals surface area contributed by atoms with Crippen LogP contribution in [0.4, 0.5) is 0 Å². The van der Waals surface area contributed by atoms with Crippen molar-refractivity contribution >= 4 is 23.8 Å². The average molecular weight is 300 g/mol. The molecule has 2 fully saturated rings. The van der Waals surface area contributed by atoms with E-state index in [1.54, 1.807) is 0 Å². The van der Waals surface area contributed by atoms with Crippen molar-refractivity contribution in [2.75, 3.05) is 6.54 Å². The van der Waals surface area contributed by atoms with Crippen molar-refractivity contribution in [1.82, 2.24) is 20.4 Å². The molecule has 116 valence electrons. The van der Waals surface area contributed by atoms with Gasteiger partial charge in [-0.3, -0.25) is 19.2 Å². The monoisotopic (exact) mass is 300 g/mol. The molecule has 2 amide bonds. The van der Waals surface area contributed by atoms with E-state index in [-0.39, 0.29) is 13.0 Å². The number of amides is 2. The Bertz CT molecular complexity index is 523. The van der Waals surface area contributed by atoms with Gasteiger partial charge < -0.3 is 9.68 Å². The first kappa shape index (κ1) is 15.2. The fourth-order valence-electron chi connectivity index (χ4n) is 2.49. The summed E-state index contributed by atoms with van der Waals surface area (Å²) >= 11 is 0. The third-order valence-electron chi connectivity index (χ3n) is 3.03. The van der Waals surface area contributed by atoms with E-state index in [0.29, 0.717) is 0 Å². The molecule has 0 radical (unpaired) electrons. The lowest BCUT2D eigenvalue weighted by molar-refractivity contribution is -0.260. The van der Waals surface area contributed by atoms with Gasteiger partial charge in [0.1, 0.15) is 0 Å². The van der Waals surface area contributed by atoms with E-state index in [0.717, 1.165) is 20.4 Å². The molecule has 0 saturated carbocycles. The lowest BCUT2D eigenvalue weighted by atomic mass is 10.3. The standard InChI is InChI=1S/C11H16N4O6/c1-7(16)13-11(5-6-12(13)20-9(3)18)14(8(2)17)15(11)21-10(4)19/h5-6H2,1-4H3. The minimum Gasteiger partial charge on any atom is -0.348 e. The Balaban J connectivity index is 2.31. The van der Waals surface area contributed by atoms with Gasteiger partial charge in [0.25, 0.3) is 5.79 Å². The second kappa shape index (κ2) is 4.97. The van der Waals surface area contributed by atoms with Gasteiger partial charge in [-0.25, -0.2) is 0 Å². The van der Waals surface area contributed by atoms with Gasteiger partial charge in [-0.15, -0.1) is 0 Å². The maximum Gasteiger partial charge on any atom is 0.324 e. The molecule has 0 N–H and O–H groups in total. The average Bonchev–Trinajstić information content (AvgIpc) is 2.74. The quantitative estimate of drug-likeness (QED) is 0.608. The lowest BCUT2D eigenvalue weighted by Crippen LogP contribution is -2.49. The van der Waals surface area contributed by atoms with E-state index < -0.39 is 29.5 Å². The topological polar surface area (TPSA) is 99.2 Å². The van der Waals surface area contributed by atoms with Crippen molar-refractivity contribution in [2.45, 2.75) is 39.9 Å². The summed E-state index contributed by atoms with van der Waals surface area (Å²) in [4.78, 5) is 55.7. The first-order valence-corrected chi connectivity index (χ1v) is 6.28. The summed E-state index contributed by atoms with van der Waals surface area (Å²) in [5, 5.41) is 4.28. The highest BCUT2D eigenvalue weighted by atomic mass is 16.8. The van der Waals surface area contributed by atoms with Crippen molar-refractivity contribution < 1.29 is 28.9 Å². The molecule has 1 spiro atoms. The third kappa shape index (κ3) is 2.32. The number of hydrazine groups is 2. The molecule has 10 nitrogen and oxygen atoms in total. The number of carbonyl (C=O) groups excluding carboxylic acids is 4. The van der Waals surface area contributed by atoms with Crippen molar-refractivity contribution in [3.63, 3.8) is 0 Å². The van der Waals surface area contributed by atoms with E-state index in [2.05, 4.69) is 0 Å². The number of hydroxylamine groups is 2. The predicted octanol–water partition coefficient (Wildman–Crippen LogP) is -0.855. The summed E-state index contributed by atoms with van der Waals surface area (Å²) < 4.78 is 0. The first-order chi connectivity index (χ1) is 9.71. The number of carbonyl (C=O) groups is 4. The minimum atomic E-state index is -1.27. The maximum absolute atomic E-state index is 11.9. The first-order valence-electron chi connectivity index (χ1n) is 6.28. The fraction of sp³-hybridized carbons (Fsp3) is 0.636. The Morgan fingerprint density at radius 2 is 1.38 bits per heavy atom. The van der Waals surface area contributed by atoms with E-state index >= 15 is 0 Å². The summed E-state index contributed by atoms with van der Waals surface area (Å²) in [6, 6.07) is 0. The molecule has 0 aromatic carbocycles. The van der Waals surface area contributed by atoms with Crippen LogP contribution in [0.2, 0.25) is 0 Å². The lowest BCUT2D eigenvalue weighted by Gasteiger charge is -2.27. The third-order valence-corrected chi connectivity index (χ3v) is 3.03. The van der Waals surface area contributed by atoms with Crippen LogP contribution in [0.15, 0.2) is 0 Å². The van der Waals surface area contributed by atoms with Gasteiger partial charge in [-0.05, 0) is 5.17 Å². The maximum atomic E-state index is 11.9. The van der Waals surface area contributed by atoms with Crippen LogP contribution in [-0.4, -0.2) is 56.4 Å². The Labute approximate surface area is 120 Å². The highest BCUT2D eigenvalue weighted by Crippen LogP contribution is 2.50. The summed E-state index contributed by atoms with van der Waals surface area (Å²) in [6.07, 6.45) is 0.243.